The van der Waals surface area contributed by atoms with Gasteiger partial charge in [0.2, 0.25) is 15.9 Å². The number of benzene rings is 2. The molecule has 0 aliphatic rings. The number of sulfonamides is 1. The number of nitrogens with zero attached hydrogens (tertiary/aromatic N) is 1. The first kappa shape index (κ1) is 19.9. The molecule has 2 aromatic rings. The van der Waals surface area contributed by atoms with E-state index in [1.54, 1.807) is 36.4 Å². The summed E-state index contributed by atoms with van der Waals surface area (Å²) in [5, 5.41) is 2.69. The van der Waals surface area contributed by atoms with E-state index in [1.807, 2.05) is 20.8 Å². The predicted octanol–water partition coefficient (Wildman–Crippen LogP) is 3.04. The number of hydrogen-bond donors (Lipinski definition) is 1. The van der Waals surface area contributed by atoms with Crippen molar-refractivity contribution in [3.8, 4) is 5.75 Å². The summed E-state index contributed by atoms with van der Waals surface area (Å²) in [7, 11) is -2.33. The van der Waals surface area contributed by atoms with Gasteiger partial charge in [-0.05, 0) is 57.2 Å². The lowest BCUT2D eigenvalue weighted by molar-refractivity contribution is -0.116. The Hall–Kier alpha value is -2.38. The Bertz CT molecular complexity index is 844. The summed E-state index contributed by atoms with van der Waals surface area (Å²) in [6, 6.07) is 13.4. The molecule has 0 aliphatic heterocycles. The van der Waals surface area contributed by atoms with Crippen LogP contribution in [0.25, 0.3) is 0 Å². The third-order valence-electron chi connectivity index (χ3n) is 3.61. The van der Waals surface area contributed by atoms with Gasteiger partial charge in [-0.3, -0.25) is 4.79 Å². The van der Waals surface area contributed by atoms with E-state index < -0.39 is 15.9 Å². The van der Waals surface area contributed by atoms with Crippen LogP contribution in [0.1, 0.15) is 19.4 Å². The van der Waals surface area contributed by atoms with Crippen LogP contribution in [0.3, 0.4) is 0 Å². The maximum atomic E-state index is 12.5. The van der Waals surface area contributed by atoms with Gasteiger partial charge in [-0.2, -0.15) is 4.31 Å². The summed E-state index contributed by atoms with van der Waals surface area (Å²) in [6.45, 7) is 5.46. The summed E-state index contributed by atoms with van der Waals surface area (Å²) in [5.41, 5.74) is 1.54. The minimum atomic E-state index is -3.71. The van der Waals surface area contributed by atoms with E-state index in [2.05, 4.69) is 5.32 Å². The fourth-order valence-corrected chi connectivity index (χ4v) is 3.39. The van der Waals surface area contributed by atoms with E-state index in [0.29, 0.717) is 11.4 Å². The number of carbonyl (C=O) groups is 1. The zero-order chi connectivity index (χ0) is 19.3. The fourth-order valence-electron chi connectivity index (χ4n) is 2.27. The third kappa shape index (κ3) is 5.31. The normalized spacial score (nSPS) is 11.6. The highest BCUT2D eigenvalue weighted by Crippen LogP contribution is 2.18. The molecule has 6 nitrogen and oxygen atoms in total. The maximum Gasteiger partial charge on any atom is 0.243 e. The highest BCUT2D eigenvalue weighted by Gasteiger charge is 2.22. The number of amides is 1. The minimum Gasteiger partial charge on any atom is -0.491 e. The van der Waals surface area contributed by atoms with Crippen LogP contribution in [0, 0.1) is 6.92 Å². The van der Waals surface area contributed by atoms with Crippen LogP contribution in [0.5, 0.6) is 5.75 Å². The number of nitrogens with one attached hydrogen (secondary N) is 1. The second kappa shape index (κ2) is 8.33. The summed E-state index contributed by atoms with van der Waals surface area (Å²) >= 11 is 0. The second-order valence-corrected chi connectivity index (χ2v) is 8.36. The molecule has 26 heavy (non-hydrogen) atoms. The number of likely N-dealkylation sites (N-methyl/N-ethyl adjacent to an activating group) is 1. The van der Waals surface area contributed by atoms with E-state index in [1.165, 1.54) is 19.2 Å². The standard InChI is InChI=1S/C19H24N2O4S/c1-14(2)25-17-9-7-16(8-10-17)20-19(22)13-21(4)26(23,24)18-11-5-15(3)6-12-18/h5-12,14H,13H2,1-4H3,(H,20,22). The molecule has 0 heterocycles. The Balaban J connectivity index is 1.99. The lowest BCUT2D eigenvalue weighted by Crippen LogP contribution is -2.34. The van der Waals surface area contributed by atoms with Crippen molar-refractivity contribution < 1.29 is 17.9 Å². The molecule has 0 saturated carbocycles. The summed E-state index contributed by atoms with van der Waals surface area (Å²) in [5.74, 6) is 0.290. The molecule has 2 rings (SSSR count). The fraction of sp³-hybridized carbons (Fsp3) is 0.316. The maximum absolute atomic E-state index is 12.5. The quantitative estimate of drug-likeness (QED) is 0.806. The molecule has 0 bridgehead atoms. The van der Waals surface area contributed by atoms with Gasteiger partial charge < -0.3 is 10.1 Å². The molecule has 2 aromatic carbocycles. The highest BCUT2D eigenvalue weighted by atomic mass is 32.2. The van der Waals surface area contributed by atoms with Gasteiger partial charge in [0.15, 0.2) is 0 Å². The molecule has 0 fully saturated rings. The van der Waals surface area contributed by atoms with Crippen LogP contribution in [0.15, 0.2) is 53.4 Å². The summed E-state index contributed by atoms with van der Waals surface area (Å²) in [6.07, 6.45) is 0.0658. The van der Waals surface area contributed by atoms with Gasteiger partial charge in [0.05, 0.1) is 17.5 Å². The van der Waals surface area contributed by atoms with Crippen LogP contribution in [-0.4, -0.2) is 38.3 Å². The molecule has 0 atom stereocenters. The van der Waals surface area contributed by atoms with Gasteiger partial charge in [0, 0.05) is 12.7 Å². The molecule has 0 unspecified atom stereocenters. The van der Waals surface area contributed by atoms with Crippen molar-refractivity contribution in [2.75, 3.05) is 18.9 Å². The topological polar surface area (TPSA) is 75.7 Å². The first-order valence-corrected chi connectivity index (χ1v) is 9.72. The molecule has 0 aliphatic carbocycles. The number of anilines is 1. The van der Waals surface area contributed by atoms with Gasteiger partial charge >= 0.3 is 0 Å². The van der Waals surface area contributed by atoms with Crippen molar-refractivity contribution in [1.29, 1.82) is 0 Å². The molecule has 0 spiro atoms. The molecule has 7 heteroatoms. The molecular formula is C19H24N2O4S. The predicted molar refractivity (Wildman–Crippen MR) is 102 cm³/mol. The minimum absolute atomic E-state index is 0.0658. The van der Waals surface area contributed by atoms with E-state index in [4.69, 9.17) is 4.74 Å². The average molecular weight is 376 g/mol. The molecule has 140 valence electrons. The van der Waals surface area contributed by atoms with Crippen LogP contribution < -0.4 is 10.1 Å². The van der Waals surface area contributed by atoms with Crippen molar-refractivity contribution >= 4 is 21.6 Å². The Morgan fingerprint density at radius 1 is 1.08 bits per heavy atom. The zero-order valence-electron chi connectivity index (χ0n) is 15.4. The first-order valence-electron chi connectivity index (χ1n) is 8.28. The smallest absolute Gasteiger partial charge is 0.243 e. The summed E-state index contributed by atoms with van der Waals surface area (Å²) < 4.78 is 31.6. The van der Waals surface area contributed by atoms with E-state index in [0.717, 1.165) is 9.87 Å². The van der Waals surface area contributed by atoms with Crippen LogP contribution in [0.2, 0.25) is 0 Å². The first-order chi connectivity index (χ1) is 12.2. The van der Waals surface area contributed by atoms with Crippen molar-refractivity contribution in [2.45, 2.75) is 31.8 Å². The number of rotatable bonds is 7. The number of hydrogen-bond acceptors (Lipinski definition) is 4. The van der Waals surface area contributed by atoms with Crippen molar-refractivity contribution in [2.24, 2.45) is 0 Å². The third-order valence-corrected chi connectivity index (χ3v) is 5.42. The van der Waals surface area contributed by atoms with Crippen LogP contribution >= 0.6 is 0 Å². The molecule has 0 saturated heterocycles. The largest absolute Gasteiger partial charge is 0.491 e. The molecule has 0 aromatic heterocycles. The van der Waals surface area contributed by atoms with Gasteiger partial charge in [-0.15, -0.1) is 0 Å². The molecule has 1 N–H and O–H groups in total. The highest BCUT2D eigenvalue weighted by molar-refractivity contribution is 7.89. The lowest BCUT2D eigenvalue weighted by atomic mass is 10.2. The number of carbonyl (C=O) groups excluding carboxylic acids is 1. The van der Waals surface area contributed by atoms with Gasteiger partial charge in [0.1, 0.15) is 5.75 Å². The van der Waals surface area contributed by atoms with E-state index in [9.17, 15) is 13.2 Å². The van der Waals surface area contributed by atoms with Crippen LogP contribution in [-0.2, 0) is 14.8 Å². The van der Waals surface area contributed by atoms with Gasteiger partial charge in [-0.1, -0.05) is 17.7 Å². The van der Waals surface area contributed by atoms with Crippen LogP contribution in [0.4, 0.5) is 5.69 Å². The Labute approximate surface area is 154 Å². The van der Waals surface area contributed by atoms with E-state index >= 15 is 0 Å². The van der Waals surface area contributed by atoms with E-state index in [-0.39, 0.29) is 17.5 Å². The number of aryl methyl sites for hydroxylation is 1. The monoisotopic (exact) mass is 376 g/mol. The Morgan fingerprint density at radius 2 is 1.65 bits per heavy atom. The Morgan fingerprint density at radius 3 is 2.19 bits per heavy atom. The van der Waals surface area contributed by atoms with Crippen molar-refractivity contribution in [3.05, 3.63) is 54.1 Å². The second-order valence-electron chi connectivity index (χ2n) is 6.31. The molecule has 1 amide bonds. The lowest BCUT2D eigenvalue weighted by Gasteiger charge is -2.17. The number of ether oxygens (including phenoxy) is 1. The summed E-state index contributed by atoms with van der Waals surface area (Å²) in [4.78, 5) is 12.3. The van der Waals surface area contributed by atoms with Crippen molar-refractivity contribution in [1.82, 2.24) is 4.31 Å². The average Bonchev–Trinajstić information content (AvgIpc) is 2.56. The van der Waals surface area contributed by atoms with Gasteiger partial charge in [-0.25, -0.2) is 8.42 Å². The molecule has 0 radical (unpaired) electrons. The Kier molecular flexibility index (Phi) is 6.39. The SMILES string of the molecule is Cc1ccc(S(=O)(=O)N(C)CC(=O)Nc2ccc(OC(C)C)cc2)cc1. The molecular weight excluding hydrogens is 352 g/mol. The van der Waals surface area contributed by atoms with Gasteiger partial charge in [0.25, 0.3) is 0 Å². The van der Waals surface area contributed by atoms with Crippen molar-refractivity contribution in [3.63, 3.8) is 0 Å². The zero-order valence-corrected chi connectivity index (χ0v) is 16.2.